The Morgan fingerprint density at radius 2 is 1.02 bits per heavy atom. The van der Waals surface area contributed by atoms with E-state index in [1.165, 1.54) is 34.4 Å². The van der Waals surface area contributed by atoms with Gasteiger partial charge in [0.25, 0.3) is 0 Å². The molecule has 8 atom stereocenters. The van der Waals surface area contributed by atoms with E-state index in [0.717, 1.165) is 0 Å². The number of nitrogens with zero attached hydrogens (tertiary/aromatic N) is 8. The zero-order chi connectivity index (χ0) is 34.8. The first-order valence-electron chi connectivity index (χ1n) is 12.9. The first kappa shape index (κ1) is 36.5. The fourth-order valence-corrected chi connectivity index (χ4v) is 5.58. The van der Waals surface area contributed by atoms with Crippen LogP contribution >= 0.6 is 15.6 Å². The van der Waals surface area contributed by atoms with Crippen LogP contribution in [-0.4, -0.2) is 139 Å². The lowest BCUT2D eigenvalue weighted by molar-refractivity contribution is -0.0511. The van der Waals surface area contributed by atoms with Crippen LogP contribution in [0.25, 0.3) is 22.3 Å². The summed E-state index contributed by atoms with van der Waals surface area (Å²) in [5, 5.41) is 57.5. The molecule has 0 bridgehead atoms. The number of aromatic nitrogens is 8. The number of phosphoric acid groups is 2. The maximum Gasteiger partial charge on any atom is 0.478 e. The average molecular weight is 712 g/mol. The molecule has 25 nitrogen and oxygen atoms in total. The SMILES string of the molecule is Nc1ncnc2c1ncn2[C@@H]1O[C@H](CO)[C@@H](O)[C@H]1O.Nc1ncnc2c1ncn2[C@@H]1O[C@H](CO)[C@@H](O)[C@H]1O.O=P(O)(O)OP(=O)(O)O. The third-order valence-electron chi connectivity index (χ3n) is 6.57. The Labute approximate surface area is 261 Å². The molecular formula is C20H30N10O15P2. The average Bonchev–Trinajstić information content (AvgIpc) is 3.74. The van der Waals surface area contributed by atoms with Crippen molar-refractivity contribution in [2.75, 3.05) is 24.7 Å². The lowest BCUT2D eigenvalue weighted by Gasteiger charge is -2.16. The molecule has 2 fully saturated rings. The van der Waals surface area contributed by atoms with E-state index in [9.17, 15) is 29.6 Å². The molecule has 260 valence electrons. The molecular weight excluding hydrogens is 682 g/mol. The molecule has 0 amide bonds. The van der Waals surface area contributed by atoms with E-state index >= 15 is 0 Å². The van der Waals surface area contributed by atoms with Gasteiger partial charge in [0.2, 0.25) is 0 Å². The van der Waals surface area contributed by atoms with Crippen LogP contribution < -0.4 is 11.5 Å². The van der Waals surface area contributed by atoms with Gasteiger partial charge in [-0.3, -0.25) is 9.13 Å². The number of imidazole rings is 2. The second kappa shape index (κ2) is 14.4. The van der Waals surface area contributed by atoms with Crippen LogP contribution in [0.4, 0.5) is 11.6 Å². The third kappa shape index (κ3) is 8.21. The van der Waals surface area contributed by atoms with Gasteiger partial charge in [0, 0.05) is 0 Å². The normalized spacial score (nSPS) is 27.8. The molecule has 4 aromatic heterocycles. The van der Waals surface area contributed by atoms with Crippen LogP contribution in [0, 0.1) is 0 Å². The van der Waals surface area contributed by atoms with Gasteiger partial charge in [0.05, 0.1) is 25.9 Å². The summed E-state index contributed by atoms with van der Waals surface area (Å²) in [6.07, 6.45) is -2.85. The van der Waals surface area contributed by atoms with E-state index in [4.69, 9.17) is 50.7 Å². The second-order valence-corrected chi connectivity index (χ2v) is 12.3. The van der Waals surface area contributed by atoms with Crippen molar-refractivity contribution < 1.29 is 73.1 Å². The van der Waals surface area contributed by atoms with Gasteiger partial charge in [0.15, 0.2) is 35.4 Å². The number of rotatable bonds is 6. The highest BCUT2D eigenvalue weighted by molar-refractivity contribution is 7.60. The molecule has 0 unspecified atom stereocenters. The summed E-state index contributed by atoms with van der Waals surface area (Å²) in [4.78, 5) is 54.8. The van der Waals surface area contributed by atoms with Gasteiger partial charge in [0.1, 0.15) is 60.3 Å². The summed E-state index contributed by atoms with van der Waals surface area (Å²) in [6.45, 7) is -0.781. The van der Waals surface area contributed by atoms with Gasteiger partial charge in [-0.05, 0) is 0 Å². The number of aliphatic hydroxyl groups excluding tert-OH is 6. The number of nitrogens with two attached hydrogens (primary N) is 2. The summed E-state index contributed by atoms with van der Waals surface area (Å²) in [6, 6.07) is 0. The monoisotopic (exact) mass is 712 g/mol. The molecule has 2 aliphatic heterocycles. The predicted molar refractivity (Wildman–Crippen MR) is 151 cm³/mol. The Balaban J connectivity index is 0.000000171. The Bertz CT molecular complexity index is 1640. The van der Waals surface area contributed by atoms with Gasteiger partial charge >= 0.3 is 15.6 Å². The maximum atomic E-state index is 9.95. The molecule has 0 radical (unpaired) electrons. The molecule has 2 aliphatic rings. The first-order valence-corrected chi connectivity index (χ1v) is 16.0. The van der Waals surface area contributed by atoms with Crippen molar-refractivity contribution in [3.05, 3.63) is 25.3 Å². The van der Waals surface area contributed by atoms with Crippen molar-refractivity contribution in [2.24, 2.45) is 0 Å². The van der Waals surface area contributed by atoms with Crippen molar-refractivity contribution in [3.8, 4) is 0 Å². The summed E-state index contributed by atoms with van der Waals surface area (Å²) in [7, 11) is -10.1. The standard InChI is InChI=1S/2C10H13N5O4.H4O7P2/c2*11-8-5-9(13-2-12-8)15(3-14-5)10-7(18)6(17)4(1-16)19-10;1-8(2,3)7-9(4,5)6/h2*2-4,6-7,10,16-18H,1H2,(H2,11,12,13);(H2,1,2,3)(H2,4,5,6)/t2*4-,6-,7-,10-;/m11./s1. The van der Waals surface area contributed by atoms with E-state index in [0.29, 0.717) is 22.3 Å². The lowest BCUT2D eigenvalue weighted by Crippen LogP contribution is -2.33. The smallest absolute Gasteiger partial charge is 0.394 e. The molecule has 47 heavy (non-hydrogen) atoms. The molecule has 0 aromatic carbocycles. The highest BCUT2D eigenvalue weighted by Gasteiger charge is 2.45. The topological polar surface area (TPSA) is 403 Å². The number of hydrogen-bond donors (Lipinski definition) is 12. The third-order valence-corrected chi connectivity index (χ3v) is 8.27. The number of aliphatic hydroxyl groups is 6. The predicted octanol–water partition coefficient (Wildman–Crippen LogP) is -4.77. The Morgan fingerprint density at radius 1 is 0.660 bits per heavy atom. The van der Waals surface area contributed by atoms with Crippen LogP contribution in [0.2, 0.25) is 0 Å². The van der Waals surface area contributed by atoms with Crippen LogP contribution in [0.1, 0.15) is 12.5 Å². The van der Waals surface area contributed by atoms with E-state index in [1.54, 1.807) is 0 Å². The molecule has 6 heterocycles. The quantitative estimate of drug-likeness (QED) is 0.0834. The van der Waals surface area contributed by atoms with Gasteiger partial charge in [-0.15, -0.1) is 0 Å². The van der Waals surface area contributed by atoms with Crippen LogP contribution in [0.3, 0.4) is 0 Å². The Kier molecular flexibility index (Phi) is 11.2. The lowest BCUT2D eigenvalue weighted by atomic mass is 10.1. The highest BCUT2D eigenvalue weighted by atomic mass is 31.3. The zero-order valence-electron chi connectivity index (χ0n) is 23.5. The van der Waals surface area contributed by atoms with Crippen LogP contribution in [0.5, 0.6) is 0 Å². The number of anilines is 2. The second-order valence-electron chi connectivity index (χ2n) is 9.69. The summed E-state index contributed by atoms with van der Waals surface area (Å²) >= 11 is 0. The number of fused-ring (bicyclic) bond motifs is 2. The minimum atomic E-state index is -5.05. The van der Waals surface area contributed by atoms with Gasteiger partial charge in [-0.2, -0.15) is 4.31 Å². The van der Waals surface area contributed by atoms with Crippen molar-refractivity contribution in [2.45, 2.75) is 49.1 Å². The zero-order valence-corrected chi connectivity index (χ0v) is 25.3. The van der Waals surface area contributed by atoms with E-state index in [1.807, 2.05) is 0 Å². The number of nitrogen functional groups attached to an aromatic ring is 2. The molecule has 0 aliphatic carbocycles. The molecule has 0 saturated carbocycles. The minimum Gasteiger partial charge on any atom is -0.394 e. The largest absolute Gasteiger partial charge is 0.478 e. The first-order chi connectivity index (χ1) is 22.0. The van der Waals surface area contributed by atoms with E-state index < -0.39 is 77.9 Å². The molecule has 27 heteroatoms. The van der Waals surface area contributed by atoms with Crippen LogP contribution in [-0.2, 0) is 22.9 Å². The van der Waals surface area contributed by atoms with Crippen molar-refractivity contribution in [1.29, 1.82) is 0 Å². The molecule has 4 aromatic rings. The van der Waals surface area contributed by atoms with Crippen molar-refractivity contribution in [1.82, 2.24) is 39.0 Å². The van der Waals surface area contributed by atoms with Crippen LogP contribution in [0.15, 0.2) is 25.3 Å². The number of hydrogen-bond acceptors (Lipinski definition) is 19. The fourth-order valence-electron chi connectivity index (χ4n) is 4.47. The maximum absolute atomic E-state index is 9.95. The molecule has 2 saturated heterocycles. The summed E-state index contributed by atoms with van der Waals surface area (Å²) in [5.74, 6) is 0.436. The summed E-state index contributed by atoms with van der Waals surface area (Å²) < 4.78 is 35.9. The summed E-state index contributed by atoms with van der Waals surface area (Å²) in [5.41, 5.74) is 12.9. The van der Waals surface area contributed by atoms with Gasteiger partial charge < -0.3 is 71.2 Å². The Morgan fingerprint density at radius 3 is 1.30 bits per heavy atom. The minimum absolute atomic E-state index is 0.218. The molecule has 0 spiro atoms. The molecule has 6 rings (SSSR count). The van der Waals surface area contributed by atoms with Gasteiger partial charge in [-0.1, -0.05) is 0 Å². The highest BCUT2D eigenvalue weighted by Crippen LogP contribution is 2.53. The van der Waals surface area contributed by atoms with Crippen molar-refractivity contribution >= 4 is 49.6 Å². The molecule has 14 N–H and O–H groups in total. The van der Waals surface area contributed by atoms with E-state index in [2.05, 4.69) is 34.2 Å². The number of ether oxygens (including phenoxy) is 2. The van der Waals surface area contributed by atoms with Crippen molar-refractivity contribution in [3.63, 3.8) is 0 Å². The van der Waals surface area contributed by atoms with E-state index in [-0.39, 0.29) is 11.6 Å². The Hall–Kier alpha value is -3.36. The van der Waals surface area contributed by atoms with Gasteiger partial charge in [-0.25, -0.2) is 39.0 Å². The fraction of sp³-hybridized carbons (Fsp3) is 0.500.